The van der Waals surface area contributed by atoms with Gasteiger partial charge in [0.15, 0.2) is 6.29 Å². The van der Waals surface area contributed by atoms with Crippen molar-refractivity contribution >= 4 is 11.9 Å². The molecular weight excluding hydrogens is 244 g/mol. The maximum Gasteiger partial charge on any atom is 0.311 e. The molecule has 0 rings (SSSR count). The zero-order chi connectivity index (χ0) is 14.1. The van der Waals surface area contributed by atoms with E-state index in [0.717, 1.165) is 0 Å². The molecule has 1 N–H and O–H groups in total. The van der Waals surface area contributed by atoms with Gasteiger partial charge in [-0.25, -0.2) is 0 Å². The fraction of sp³-hybridized carbons (Fsp3) is 0.818. The van der Waals surface area contributed by atoms with Gasteiger partial charge in [0.05, 0.1) is 32.7 Å². The molecule has 0 heterocycles. The molecule has 0 aliphatic heterocycles. The Morgan fingerprint density at radius 1 is 1.06 bits per heavy atom. The Morgan fingerprint density at radius 3 is 2.00 bits per heavy atom. The number of methoxy groups -OCH3 is 4. The minimum Gasteiger partial charge on any atom is -0.469 e. The minimum atomic E-state index is -1.21. The van der Waals surface area contributed by atoms with Crippen molar-refractivity contribution in [1.29, 1.82) is 0 Å². The number of aliphatic hydroxyl groups is 1. The van der Waals surface area contributed by atoms with E-state index >= 15 is 0 Å². The lowest BCUT2D eigenvalue weighted by atomic mass is 9.96. The molecule has 0 bridgehead atoms. The van der Waals surface area contributed by atoms with Gasteiger partial charge >= 0.3 is 11.9 Å². The molecule has 0 aliphatic rings. The lowest BCUT2D eigenvalue weighted by molar-refractivity contribution is -0.163. The molecule has 0 amide bonds. The SMILES string of the molecule is COC(=O)C[C@@H](O)[C@H](CC(OC)OC)C(=O)OC. The topological polar surface area (TPSA) is 91.3 Å². The summed E-state index contributed by atoms with van der Waals surface area (Å²) in [5.41, 5.74) is 0. The number of hydrogen-bond acceptors (Lipinski definition) is 7. The summed E-state index contributed by atoms with van der Waals surface area (Å²) in [7, 11) is 5.23. The average Bonchev–Trinajstić information content (AvgIpc) is 2.38. The number of hydrogen-bond donors (Lipinski definition) is 1. The van der Waals surface area contributed by atoms with E-state index in [1.54, 1.807) is 0 Å². The highest BCUT2D eigenvalue weighted by Gasteiger charge is 2.32. The van der Waals surface area contributed by atoms with Gasteiger partial charge in [-0.15, -0.1) is 0 Å². The maximum absolute atomic E-state index is 11.5. The number of rotatable bonds is 8. The minimum absolute atomic E-state index is 0.0812. The summed E-state index contributed by atoms with van der Waals surface area (Å²) in [5.74, 6) is -2.16. The molecule has 106 valence electrons. The second-order valence-electron chi connectivity index (χ2n) is 3.61. The van der Waals surface area contributed by atoms with Crippen molar-refractivity contribution < 1.29 is 33.6 Å². The van der Waals surface area contributed by atoms with Crippen molar-refractivity contribution in [1.82, 2.24) is 0 Å². The van der Waals surface area contributed by atoms with Crippen molar-refractivity contribution in [2.24, 2.45) is 5.92 Å². The zero-order valence-corrected chi connectivity index (χ0v) is 11.0. The van der Waals surface area contributed by atoms with Crippen LogP contribution in [0.4, 0.5) is 0 Å². The molecule has 0 aliphatic carbocycles. The van der Waals surface area contributed by atoms with Crippen LogP contribution in [0.3, 0.4) is 0 Å². The van der Waals surface area contributed by atoms with E-state index in [-0.39, 0.29) is 12.8 Å². The second kappa shape index (κ2) is 8.84. The molecular formula is C11H20O7. The molecule has 7 heteroatoms. The highest BCUT2D eigenvalue weighted by atomic mass is 16.7. The third-order valence-corrected chi connectivity index (χ3v) is 2.54. The molecule has 2 atom stereocenters. The summed E-state index contributed by atoms with van der Waals surface area (Å²) in [4.78, 5) is 22.6. The van der Waals surface area contributed by atoms with E-state index in [1.807, 2.05) is 0 Å². The smallest absolute Gasteiger partial charge is 0.311 e. The van der Waals surface area contributed by atoms with Crippen molar-refractivity contribution in [2.45, 2.75) is 25.2 Å². The van der Waals surface area contributed by atoms with E-state index in [9.17, 15) is 14.7 Å². The van der Waals surface area contributed by atoms with Gasteiger partial charge in [-0.2, -0.15) is 0 Å². The van der Waals surface area contributed by atoms with Crippen LogP contribution in [0.25, 0.3) is 0 Å². The molecule has 0 unspecified atom stereocenters. The summed E-state index contributed by atoms with van der Waals surface area (Å²) in [6, 6.07) is 0. The Balaban J connectivity index is 4.66. The van der Waals surface area contributed by atoms with E-state index in [0.29, 0.717) is 0 Å². The molecule has 7 nitrogen and oxygen atoms in total. The lowest BCUT2D eigenvalue weighted by Crippen LogP contribution is -2.35. The van der Waals surface area contributed by atoms with Gasteiger partial charge in [-0.05, 0) is 0 Å². The fourth-order valence-corrected chi connectivity index (χ4v) is 1.45. The van der Waals surface area contributed by atoms with Gasteiger partial charge in [0, 0.05) is 20.6 Å². The molecule has 0 radical (unpaired) electrons. The summed E-state index contributed by atoms with van der Waals surface area (Å²) in [6.07, 6.45) is -2.09. The Labute approximate surface area is 106 Å². The number of esters is 2. The van der Waals surface area contributed by atoms with E-state index in [2.05, 4.69) is 9.47 Å². The van der Waals surface area contributed by atoms with Crippen molar-refractivity contribution in [2.75, 3.05) is 28.4 Å². The molecule has 18 heavy (non-hydrogen) atoms. The van der Waals surface area contributed by atoms with Crippen molar-refractivity contribution in [3.8, 4) is 0 Å². The van der Waals surface area contributed by atoms with Crippen LogP contribution in [-0.2, 0) is 28.5 Å². The van der Waals surface area contributed by atoms with Gasteiger partial charge in [0.2, 0.25) is 0 Å². The largest absolute Gasteiger partial charge is 0.469 e. The third-order valence-electron chi connectivity index (χ3n) is 2.54. The van der Waals surface area contributed by atoms with Crippen LogP contribution in [-0.4, -0.2) is 57.9 Å². The summed E-state index contributed by atoms with van der Waals surface area (Å²) in [6.45, 7) is 0. The Hall–Kier alpha value is -1.18. The summed E-state index contributed by atoms with van der Waals surface area (Å²) in [5, 5.41) is 9.84. The summed E-state index contributed by atoms with van der Waals surface area (Å²) >= 11 is 0. The van der Waals surface area contributed by atoms with Crippen LogP contribution in [0.5, 0.6) is 0 Å². The maximum atomic E-state index is 11.5. The first kappa shape index (κ1) is 16.8. The summed E-state index contributed by atoms with van der Waals surface area (Å²) < 4.78 is 18.9. The predicted molar refractivity (Wildman–Crippen MR) is 60.6 cm³/mol. The molecule has 0 aromatic rings. The van der Waals surface area contributed by atoms with Crippen LogP contribution in [0, 0.1) is 5.92 Å². The monoisotopic (exact) mass is 264 g/mol. The quantitative estimate of drug-likeness (QED) is 0.475. The molecule has 0 aromatic heterocycles. The van der Waals surface area contributed by atoms with Crippen LogP contribution >= 0.6 is 0 Å². The second-order valence-corrected chi connectivity index (χ2v) is 3.61. The molecule has 0 spiro atoms. The number of carbonyl (C=O) groups is 2. The Morgan fingerprint density at radius 2 is 1.61 bits per heavy atom. The van der Waals surface area contributed by atoms with Crippen LogP contribution in [0.2, 0.25) is 0 Å². The highest BCUT2D eigenvalue weighted by Crippen LogP contribution is 2.18. The van der Waals surface area contributed by atoms with Crippen LogP contribution in [0.15, 0.2) is 0 Å². The molecule has 0 saturated heterocycles. The number of ether oxygens (including phenoxy) is 4. The average molecular weight is 264 g/mol. The first-order valence-corrected chi connectivity index (χ1v) is 5.38. The Bertz CT molecular complexity index is 262. The highest BCUT2D eigenvalue weighted by molar-refractivity contribution is 5.75. The van der Waals surface area contributed by atoms with Gasteiger partial charge < -0.3 is 24.1 Å². The van der Waals surface area contributed by atoms with Gasteiger partial charge in [0.1, 0.15) is 0 Å². The van der Waals surface area contributed by atoms with Crippen molar-refractivity contribution in [3.63, 3.8) is 0 Å². The normalized spacial score (nSPS) is 14.1. The molecule has 0 fully saturated rings. The standard InChI is InChI=1S/C11H20O7/c1-15-9(13)6-8(12)7(11(14)18-4)5-10(16-2)17-3/h7-8,10,12H,5-6H2,1-4H3/t7-,8+/m0/s1. The van der Waals surface area contributed by atoms with Gasteiger partial charge in [-0.1, -0.05) is 0 Å². The first-order valence-electron chi connectivity index (χ1n) is 5.38. The van der Waals surface area contributed by atoms with Crippen LogP contribution < -0.4 is 0 Å². The van der Waals surface area contributed by atoms with E-state index in [1.165, 1.54) is 28.4 Å². The zero-order valence-electron chi connectivity index (χ0n) is 11.0. The third kappa shape index (κ3) is 5.44. The Kier molecular flexibility index (Phi) is 8.27. The van der Waals surface area contributed by atoms with E-state index in [4.69, 9.17) is 9.47 Å². The van der Waals surface area contributed by atoms with Crippen LogP contribution in [0.1, 0.15) is 12.8 Å². The molecule has 0 saturated carbocycles. The molecule has 0 aromatic carbocycles. The first-order chi connectivity index (χ1) is 8.49. The number of aliphatic hydroxyl groups excluding tert-OH is 1. The van der Waals surface area contributed by atoms with Gasteiger partial charge in [0.25, 0.3) is 0 Å². The fourth-order valence-electron chi connectivity index (χ4n) is 1.45. The van der Waals surface area contributed by atoms with Gasteiger partial charge in [-0.3, -0.25) is 9.59 Å². The predicted octanol–water partition coefficient (Wildman–Crippen LogP) is -0.291. The van der Waals surface area contributed by atoms with Crippen molar-refractivity contribution in [3.05, 3.63) is 0 Å². The van der Waals surface area contributed by atoms with E-state index < -0.39 is 30.3 Å². The lowest BCUT2D eigenvalue weighted by Gasteiger charge is -2.23. The number of carbonyl (C=O) groups excluding carboxylic acids is 2.